The van der Waals surface area contributed by atoms with Gasteiger partial charge < -0.3 is 15.7 Å². The number of aromatic nitrogens is 3. The van der Waals surface area contributed by atoms with Gasteiger partial charge in [0.15, 0.2) is 5.69 Å². The Balaban J connectivity index is 1.49. The molecule has 31 heavy (non-hydrogen) atoms. The first kappa shape index (κ1) is 20.7. The lowest BCUT2D eigenvalue weighted by Gasteiger charge is -2.15. The Labute approximate surface area is 182 Å². The summed E-state index contributed by atoms with van der Waals surface area (Å²) in [5, 5.41) is 17.2. The van der Waals surface area contributed by atoms with Crippen LogP contribution in [-0.2, 0) is 6.42 Å². The average Bonchev–Trinajstić information content (AvgIpc) is 3.23. The highest BCUT2D eigenvalue weighted by molar-refractivity contribution is 7.17. The molecule has 3 aromatic heterocycles. The topological polar surface area (TPSA) is 100 Å². The summed E-state index contributed by atoms with van der Waals surface area (Å²) in [7, 11) is 0. The summed E-state index contributed by atoms with van der Waals surface area (Å²) in [5.74, 6) is -0.356. The molecule has 1 amide bonds. The molecule has 0 spiro atoms. The number of aromatic hydroxyl groups is 1. The summed E-state index contributed by atoms with van der Waals surface area (Å²) < 4.78 is 14.1. The fourth-order valence-electron chi connectivity index (χ4n) is 3.11. The van der Waals surface area contributed by atoms with Crippen LogP contribution in [0, 0.1) is 5.95 Å². The van der Waals surface area contributed by atoms with E-state index >= 15 is 0 Å². The molecule has 4 aromatic rings. The molecular weight excluding hydrogens is 417 g/mol. The van der Waals surface area contributed by atoms with Gasteiger partial charge in [0.25, 0.3) is 5.91 Å². The quantitative estimate of drug-likeness (QED) is 0.377. The number of nitrogens with one attached hydrogen (secondary N) is 2. The molecule has 1 atom stereocenters. The van der Waals surface area contributed by atoms with Gasteiger partial charge in [-0.1, -0.05) is 12.1 Å². The van der Waals surface area contributed by atoms with Crippen LogP contribution in [0.3, 0.4) is 0 Å². The fraction of sp³-hybridized carbons (Fsp3) is 0.182. The van der Waals surface area contributed by atoms with Crippen molar-refractivity contribution in [2.24, 2.45) is 0 Å². The lowest BCUT2D eigenvalue weighted by atomic mass is 10.1. The number of halogens is 1. The normalized spacial score (nSPS) is 11.9. The van der Waals surface area contributed by atoms with Gasteiger partial charge in [0.2, 0.25) is 11.9 Å². The van der Waals surface area contributed by atoms with Crippen LogP contribution < -0.4 is 10.6 Å². The summed E-state index contributed by atoms with van der Waals surface area (Å²) in [6.45, 7) is 2.28. The van der Waals surface area contributed by atoms with Crippen molar-refractivity contribution in [3.8, 4) is 5.75 Å². The van der Waals surface area contributed by atoms with Gasteiger partial charge in [-0.2, -0.15) is 4.39 Å². The lowest BCUT2D eigenvalue weighted by Crippen LogP contribution is -2.27. The van der Waals surface area contributed by atoms with E-state index in [1.54, 1.807) is 18.2 Å². The van der Waals surface area contributed by atoms with Gasteiger partial charge in [-0.05, 0) is 60.2 Å². The van der Waals surface area contributed by atoms with Crippen LogP contribution in [0.4, 0.5) is 10.3 Å². The zero-order chi connectivity index (χ0) is 21.8. The van der Waals surface area contributed by atoms with Crippen molar-refractivity contribution >= 4 is 33.4 Å². The van der Waals surface area contributed by atoms with Crippen LogP contribution in [0.25, 0.3) is 10.2 Å². The number of amides is 1. The number of pyridine rings is 1. The molecule has 0 radical (unpaired) electrons. The Hall–Kier alpha value is -3.59. The predicted molar refractivity (Wildman–Crippen MR) is 118 cm³/mol. The van der Waals surface area contributed by atoms with E-state index in [4.69, 9.17) is 0 Å². The fourth-order valence-corrected chi connectivity index (χ4v) is 3.93. The number of anilines is 1. The molecule has 9 heteroatoms. The number of rotatable bonds is 7. The van der Waals surface area contributed by atoms with Crippen molar-refractivity contribution in [3.05, 3.63) is 76.8 Å². The first-order chi connectivity index (χ1) is 15.0. The second kappa shape index (κ2) is 9.05. The Morgan fingerprint density at radius 1 is 1.19 bits per heavy atom. The molecule has 0 fully saturated rings. The molecule has 0 aliphatic rings. The van der Waals surface area contributed by atoms with E-state index in [1.807, 2.05) is 30.5 Å². The van der Waals surface area contributed by atoms with Crippen molar-refractivity contribution in [1.29, 1.82) is 0 Å². The molecule has 3 N–H and O–H groups in total. The number of benzene rings is 1. The van der Waals surface area contributed by atoms with Gasteiger partial charge in [-0.3, -0.25) is 4.79 Å². The van der Waals surface area contributed by atoms with E-state index in [1.165, 1.54) is 23.6 Å². The second-order valence-corrected chi connectivity index (χ2v) is 7.90. The molecule has 158 valence electrons. The Morgan fingerprint density at radius 2 is 2.00 bits per heavy atom. The van der Waals surface area contributed by atoms with Crippen LogP contribution in [0.1, 0.15) is 34.6 Å². The monoisotopic (exact) mass is 437 g/mol. The number of carbonyl (C=O) groups is 1. The number of nitrogens with zero attached hydrogens (tertiary/aromatic N) is 3. The molecule has 1 unspecified atom stereocenters. The van der Waals surface area contributed by atoms with Gasteiger partial charge in [0, 0.05) is 12.7 Å². The Bertz CT molecular complexity index is 1210. The van der Waals surface area contributed by atoms with E-state index in [0.717, 1.165) is 5.56 Å². The van der Waals surface area contributed by atoms with Crippen LogP contribution in [0.5, 0.6) is 5.75 Å². The molecule has 7 nitrogen and oxygen atoms in total. The molecule has 0 saturated carbocycles. The van der Waals surface area contributed by atoms with Crippen molar-refractivity contribution in [2.45, 2.75) is 19.4 Å². The first-order valence-corrected chi connectivity index (χ1v) is 10.6. The highest BCUT2D eigenvalue weighted by Gasteiger charge is 2.17. The number of phenolic OH excluding ortho intramolecular Hbond substituents is 1. The van der Waals surface area contributed by atoms with E-state index in [9.17, 15) is 14.3 Å². The number of carbonyl (C=O) groups excluding carboxylic acids is 1. The van der Waals surface area contributed by atoms with Gasteiger partial charge in [-0.15, -0.1) is 11.3 Å². The van der Waals surface area contributed by atoms with Crippen LogP contribution in [0.2, 0.25) is 0 Å². The molecule has 1 aromatic carbocycles. The Morgan fingerprint density at radius 3 is 2.77 bits per heavy atom. The Kier molecular flexibility index (Phi) is 6.03. The first-order valence-electron chi connectivity index (χ1n) is 9.69. The maximum absolute atomic E-state index is 13.4. The van der Waals surface area contributed by atoms with Crippen LogP contribution in [-0.4, -0.2) is 32.5 Å². The predicted octanol–water partition coefficient (Wildman–Crippen LogP) is 4.08. The number of hydrogen-bond acceptors (Lipinski definition) is 7. The van der Waals surface area contributed by atoms with E-state index < -0.39 is 5.95 Å². The summed E-state index contributed by atoms with van der Waals surface area (Å²) in [4.78, 5) is 25.3. The third-order valence-corrected chi connectivity index (χ3v) is 5.66. The minimum absolute atomic E-state index is 0.206. The van der Waals surface area contributed by atoms with Gasteiger partial charge in [-0.25, -0.2) is 15.0 Å². The smallest absolute Gasteiger partial charge is 0.271 e. The summed E-state index contributed by atoms with van der Waals surface area (Å²) >= 11 is 1.40. The summed E-state index contributed by atoms with van der Waals surface area (Å²) in [6.07, 6.45) is 2.03. The zero-order valence-corrected chi connectivity index (χ0v) is 17.5. The lowest BCUT2D eigenvalue weighted by molar-refractivity contribution is 0.0951. The SMILES string of the molecule is CC(Nc1nc(C(=O)NCCc2ccc(O)cc2)c2sccc2n1)c1ccnc(F)c1. The largest absolute Gasteiger partial charge is 0.508 e. The van der Waals surface area contributed by atoms with Gasteiger partial charge in [0.05, 0.1) is 16.3 Å². The van der Waals surface area contributed by atoms with E-state index in [2.05, 4.69) is 25.6 Å². The van der Waals surface area contributed by atoms with E-state index in [0.29, 0.717) is 40.4 Å². The van der Waals surface area contributed by atoms with E-state index in [-0.39, 0.29) is 17.7 Å². The number of phenols is 1. The molecule has 0 aliphatic carbocycles. The molecular formula is C22H20FN5O2S. The highest BCUT2D eigenvalue weighted by Crippen LogP contribution is 2.25. The second-order valence-electron chi connectivity index (χ2n) is 6.98. The van der Waals surface area contributed by atoms with Gasteiger partial charge in [0.1, 0.15) is 5.75 Å². The number of hydrogen-bond donors (Lipinski definition) is 3. The van der Waals surface area contributed by atoms with Crippen molar-refractivity contribution in [3.63, 3.8) is 0 Å². The maximum atomic E-state index is 13.4. The van der Waals surface area contributed by atoms with Crippen molar-refractivity contribution < 1.29 is 14.3 Å². The third kappa shape index (κ3) is 4.95. The zero-order valence-electron chi connectivity index (χ0n) is 16.7. The standard InChI is InChI=1S/C22H20FN5O2S/c1-13(15-7-10-24-18(23)12-15)26-22-27-17-8-11-31-20(17)19(28-22)21(30)25-9-6-14-2-4-16(29)5-3-14/h2-5,7-8,10-13,29H,6,9H2,1H3,(H,25,30)(H,26,27,28). The van der Waals surface area contributed by atoms with Crippen LogP contribution >= 0.6 is 11.3 Å². The third-order valence-electron chi connectivity index (χ3n) is 4.75. The molecule has 0 bridgehead atoms. The molecule has 4 rings (SSSR count). The average molecular weight is 438 g/mol. The van der Waals surface area contributed by atoms with Crippen molar-refractivity contribution in [2.75, 3.05) is 11.9 Å². The minimum Gasteiger partial charge on any atom is -0.508 e. The summed E-state index contributed by atoms with van der Waals surface area (Å²) in [6, 6.07) is 11.5. The maximum Gasteiger partial charge on any atom is 0.271 e. The molecule has 0 saturated heterocycles. The highest BCUT2D eigenvalue weighted by atomic mass is 32.1. The number of fused-ring (bicyclic) bond motifs is 1. The minimum atomic E-state index is -0.561. The molecule has 0 aliphatic heterocycles. The van der Waals surface area contributed by atoms with Crippen molar-refractivity contribution in [1.82, 2.24) is 20.3 Å². The van der Waals surface area contributed by atoms with Gasteiger partial charge >= 0.3 is 0 Å². The van der Waals surface area contributed by atoms with Crippen LogP contribution in [0.15, 0.2) is 54.0 Å². The summed E-state index contributed by atoms with van der Waals surface area (Å²) in [5.41, 5.74) is 2.66. The molecule has 3 heterocycles. The number of thiophene rings is 1.